The molecule has 0 N–H and O–H groups in total. The lowest BCUT2D eigenvalue weighted by Gasteiger charge is -2.33. The smallest absolute Gasteiger partial charge is 0.119 e. The Morgan fingerprint density at radius 2 is 2.00 bits per heavy atom. The molecule has 13 heavy (non-hydrogen) atoms. The third-order valence-electron chi connectivity index (χ3n) is 3.00. The van der Waals surface area contributed by atoms with Crippen molar-refractivity contribution in [2.24, 2.45) is 11.8 Å². The minimum atomic E-state index is 0.792. The summed E-state index contributed by atoms with van der Waals surface area (Å²) in [4.78, 5) is 0. The van der Waals surface area contributed by atoms with Crippen molar-refractivity contribution in [2.45, 2.75) is 19.8 Å². The van der Waals surface area contributed by atoms with E-state index < -0.39 is 0 Å². The predicted molar refractivity (Wildman–Crippen MR) is 53.8 cm³/mol. The second-order valence-corrected chi connectivity index (χ2v) is 3.94. The average molecular weight is 176 g/mol. The van der Waals surface area contributed by atoms with Gasteiger partial charge in [0.25, 0.3) is 0 Å². The van der Waals surface area contributed by atoms with Crippen molar-refractivity contribution in [3.63, 3.8) is 0 Å². The largest absolute Gasteiger partial charge is 0.493 e. The Morgan fingerprint density at radius 1 is 1.23 bits per heavy atom. The summed E-state index contributed by atoms with van der Waals surface area (Å²) in [6.07, 6.45) is 2.72. The van der Waals surface area contributed by atoms with E-state index in [-0.39, 0.29) is 0 Å². The molecule has 1 aliphatic rings. The van der Waals surface area contributed by atoms with Crippen molar-refractivity contribution >= 4 is 0 Å². The summed E-state index contributed by atoms with van der Waals surface area (Å²) in [5.41, 5.74) is 0. The zero-order valence-electron chi connectivity index (χ0n) is 8.07. The van der Waals surface area contributed by atoms with E-state index in [1.807, 2.05) is 30.3 Å². The Hall–Kier alpha value is -0.980. The van der Waals surface area contributed by atoms with Crippen molar-refractivity contribution in [2.75, 3.05) is 6.61 Å². The summed E-state index contributed by atoms with van der Waals surface area (Å²) in [5, 5.41) is 0. The van der Waals surface area contributed by atoms with Gasteiger partial charge >= 0.3 is 0 Å². The maximum atomic E-state index is 5.68. The lowest BCUT2D eigenvalue weighted by Crippen LogP contribution is -2.28. The highest BCUT2D eigenvalue weighted by molar-refractivity contribution is 5.20. The van der Waals surface area contributed by atoms with E-state index >= 15 is 0 Å². The highest BCUT2D eigenvalue weighted by Crippen LogP contribution is 2.33. The fraction of sp³-hybridized carbons (Fsp3) is 0.500. The first-order chi connectivity index (χ1) is 6.36. The Balaban J connectivity index is 1.80. The first kappa shape index (κ1) is 8.61. The van der Waals surface area contributed by atoms with E-state index in [4.69, 9.17) is 4.74 Å². The first-order valence-electron chi connectivity index (χ1n) is 5.04. The van der Waals surface area contributed by atoms with Crippen LogP contribution in [0.15, 0.2) is 30.3 Å². The van der Waals surface area contributed by atoms with E-state index in [1.165, 1.54) is 12.8 Å². The van der Waals surface area contributed by atoms with Gasteiger partial charge in [-0.15, -0.1) is 0 Å². The average Bonchev–Trinajstić information content (AvgIpc) is 2.17. The Morgan fingerprint density at radius 3 is 2.54 bits per heavy atom. The van der Waals surface area contributed by atoms with Gasteiger partial charge in [-0.1, -0.05) is 25.1 Å². The molecule has 2 atom stereocenters. The van der Waals surface area contributed by atoms with Gasteiger partial charge in [-0.2, -0.15) is 0 Å². The van der Waals surface area contributed by atoms with Crippen LogP contribution in [0.2, 0.25) is 0 Å². The zero-order chi connectivity index (χ0) is 9.10. The molecule has 1 aromatic rings. The first-order valence-corrected chi connectivity index (χ1v) is 5.04. The summed E-state index contributed by atoms with van der Waals surface area (Å²) in [7, 11) is 0. The molecular weight excluding hydrogens is 160 g/mol. The Bertz CT molecular complexity index is 255. The second-order valence-electron chi connectivity index (χ2n) is 3.94. The summed E-state index contributed by atoms with van der Waals surface area (Å²) in [6.45, 7) is 3.20. The molecule has 70 valence electrons. The Labute approximate surface area is 79.7 Å². The molecule has 0 heterocycles. The van der Waals surface area contributed by atoms with E-state index in [9.17, 15) is 0 Å². The van der Waals surface area contributed by atoms with Crippen molar-refractivity contribution in [1.29, 1.82) is 0 Å². The normalized spacial score (nSPS) is 26.5. The second kappa shape index (κ2) is 3.82. The fourth-order valence-electron chi connectivity index (χ4n) is 1.70. The maximum absolute atomic E-state index is 5.68. The van der Waals surface area contributed by atoms with Crippen LogP contribution >= 0.6 is 0 Å². The standard InChI is InChI=1S/C12H16O/c1-10-7-8-11(10)9-13-12-5-3-2-4-6-12/h2-6,10-11H,7-9H2,1H3. The molecule has 1 fully saturated rings. The molecule has 1 aromatic carbocycles. The molecule has 2 unspecified atom stereocenters. The number of ether oxygens (including phenoxy) is 1. The SMILES string of the molecule is CC1CCC1COc1ccccc1. The van der Waals surface area contributed by atoms with Crippen molar-refractivity contribution < 1.29 is 4.74 Å². The van der Waals surface area contributed by atoms with Crippen LogP contribution in [-0.2, 0) is 0 Å². The molecule has 0 aliphatic heterocycles. The van der Waals surface area contributed by atoms with E-state index in [0.717, 1.165) is 24.2 Å². The van der Waals surface area contributed by atoms with Crippen molar-refractivity contribution in [3.05, 3.63) is 30.3 Å². The monoisotopic (exact) mass is 176 g/mol. The van der Waals surface area contributed by atoms with Crippen LogP contribution < -0.4 is 4.74 Å². The molecule has 1 nitrogen and oxygen atoms in total. The van der Waals surface area contributed by atoms with Gasteiger partial charge in [-0.3, -0.25) is 0 Å². The van der Waals surface area contributed by atoms with Gasteiger partial charge < -0.3 is 4.74 Å². The van der Waals surface area contributed by atoms with Crippen LogP contribution in [-0.4, -0.2) is 6.61 Å². The molecule has 0 amide bonds. The molecule has 0 bridgehead atoms. The number of benzene rings is 1. The van der Waals surface area contributed by atoms with E-state index in [1.54, 1.807) is 0 Å². The number of para-hydroxylation sites is 1. The lowest BCUT2D eigenvalue weighted by atomic mass is 9.75. The van der Waals surface area contributed by atoms with Crippen LogP contribution in [0.1, 0.15) is 19.8 Å². The number of hydrogen-bond acceptors (Lipinski definition) is 1. The van der Waals surface area contributed by atoms with Gasteiger partial charge in [0.05, 0.1) is 6.61 Å². The number of hydrogen-bond donors (Lipinski definition) is 0. The third-order valence-corrected chi connectivity index (χ3v) is 3.00. The van der Waals surface area contributed by atoms with Gasteiger partial charge in [0.1, 0.15) is 5.75 Å². The molecule has 0 radical (unpaired) electrons. The van der Waals surface area contributed by atoms with Crippen LogP contribution in [0.3, 0.4) is 0 Å². The molecule has 1 aliphatic carbocycles. The van der Waals surface area contributed by atoms with E-state index in [0.29, 0.717) is 0 Å². The molecule has 0 spiro atoms. The lowest BCUT2D eigenvalue weighted by molar-refractivity contribution is 0.116. The third kappa shape index (κ3) is 2.03. The Kier molecular flexibility index (Phi) is 2.53. The van der Waals surface area contributed by atoms with Gasteiger partial charge in [0.2, 0.25) is 0 Å². The highest BCUT2D eigenvalue weighted by atomic mass is 16.5. The zero-order valence-corrected chi connectivity index (χ0v) is 8.07. The molecule has 1 saturated carbocycles. The molecular formula is C12H16O. The summed E-state index contributed by atoms with van der Waals surface area (Å²) >= 11 is 0. The predicted octanol–water partition coefficient (Wildman–Crippen LogP) is 3.11. The van der Waals surface area contributed by atoms with Crippen LogP contribution in [0.5, 0.6) is 5.75 Å². The van der Waals surface area contributed by atoms with Crippen LogP contribution in [0.4, 0.5) is 0 Å². The highest BCUT2D eigenvalue weighted by Gasteiger charge is 2.26. The van der Waals surface area contributed by atoms with Crippen molar-refractivity contribution in [1.82, 2.24) is 0 Å². The van der Waals surface area contributed by atoms with Gasteiger partial charge in [0.15, 0.2) is 0 Å². The van der Waals surface area contributed by atoms with Gasteiger partial charge in [-0.05, 0) is 36.8 Å². The molecule has 0 aromatic heterocycles. The topological polar surface area (TPSA) is 9.23 Å². The quantitative estimate of drug-likeness (QED) is 0.687. The van der Waals surface area contributed by atoms with Crippen LogP contribution in [0, 0.1) is 11.8 Å². The van der Waals surface area contributed by atoms with Gasteiger partial charge in [-0.25, -0.2) is 0 Å². The minimum absolute atomic E-state index is 0.792. The maximum Gasteiger partial charge on any atom is 0.119 e. The minimum Gasteiger partial charge on any atom is -0.493 e. The van der Waals surface area contributed by atoms with Gasteiger partial charge in [0, 0.05) is 0 Å². The number of rotatable bonds is 3. The van der Waals surface area contributed by atoms with Crippen molar-refractivity contribution in [3.8, 4) is 5.75 Å². The summed E-state index contributed by atoms with van der Waals surface area (Å²) < 4.78 is 5.68. The summed E-state index contributed by atoms with van der Waals surface area (Å²) in [6, 6.07) is 10.1. The van der Waals surface area contributed by atoms with E-state index in [2.05, 4.69) is 6.92 Å². The summed E-state index contributed by atoms with van der Waals surface area (Å²) in [5.74, 6) is 2.66. The van der Waals surface area contributed by atoms with Crippen LogP contribution in [0.25, 0.3) is 0 Å². The molecule has 2 rings (SSSR count). The molecule has 0 saturated heterocycles. The fourth-order valence-corrected chi connectivity index (χ4v) is 1.70. The molecule has 1 heteroatoms.